The molecule has 0 saturated carbocycles. The Bertz CT molecular complexity index is 2580. The molecule has 1 aromatic heterocycles. The molecule has 0 saturated heterocycles. The van der Waals surface area contributed by atoms with Crippen molar-refractivity contribution in [2.75, 3.05) is 0 Å². The summed E-state index contributed by atoms with van der Waals surface area (Å²) in [5, 5.41) is 27.4. The number of para-hydroxylation sites is 1. The first-order chi connectivity index (χ1) is 24.7. The third kappa shape index (κ3) is 4.64. The van der Waals surface area contributed by atoms with Crippen LogP contribution in [0.4, 0.5) is 5.69 Å². The number of fused-ring (bicyclic) bond motifs is 3. The van der Waals surface area contributed by atoms with Gasteiger partial charge in [-0.25, -0.2) is 4.85 Å². The van der Waals surface area contributed by atoms with Crippen molar-refractivity contribution in [1.29, 1.82) is 10.5 Å². The van der Waals surface area contributed by atoms with E-state index in [0.717, 1.165) is 38.2 Å². The Morgan fingerprint density at radius 3 is 1.70 bits per heavy atom. The zero-order chi connectivity index (χ0) is 34.1. The highest BCUT2D eigenvalue weighted by atomic mass is 28.3. The molecule has 7 aromatic carbocycles. The molecule has 0 atom stereocenters. The second-order valence-electron chi connectivity index (χ2n) is 12.2. The van der Waals surface area contributed by atoms with Gasteiger partial charge in [-0.05, 0) is 56.6 Å². The van der Waals surface area contributed by atoms with Gasteiger partial charge in [0, 0.05) is 16.3 Å². The lowest BCUT2D eigenvalue weighted by atomic mass is 9.96. The Kier molecular flexibility index (Phi) is 7.63. The molecule has 0 spiro atoms. The molecule has 0 unspecified atom stereocenters. The summed E-state index contributed by atoms with van der Waals surface area (Å²) in [5.74, 6) is 0. The van der Waals surface area contributed by atoms with Crippen LogP contribution >= 0.6 is 0 Å². The topological polar surface area (TPSA) is 56.9 Å². The Balaban J connectivity index is 1.56. The van der Waals surface area contributed by atoms with Crippen molar-refractivity contribution in [3.8, 4) is 29.0 Å². The minimum atomic E-state index is -3.05. The molecule has 5 heteroatoms. The van der Waals surface area contributed by atoms with Crippen LogP contribution in [0.25, 0.3) is 43.5 Å². The minimum Gasteiger partial charge on any atom is -0.309 e. The van der Waals surface area contributed by atoms with E-state index in [2.05, 4.69) is 143 Å². The van der Waals surface area contributed by atoms with Crippen LogP contribution in [0.5, 0.6) is 0 Å². The van der Waals surface area contributed by atoms with Crippen LogP contribution < -0.4 is 20.7 Å². The molecule has 50 heavy (non-hydrogen) atoms. The molecule has 0 radical (unpaired) electrons. The van der Waals surface area contributed by atoms with E-state index in [0.29, 0.717) is 22.4 Å². The average Bonchev–Trinajstić information content (AvgIpc) is 3.52. The monoisotopic (exact) mass is 652 g/mol. The van der Waals surface area contributed by atoms with Gasteiger partial charge < -0.3 is 4.57 Å². The van der Waals surface area contributed by atoms with Crippen molar-refractivity contribution in [3.05, 3.63) is 192 Å². The lowest BCUT2D eigenvalue weighted by Crippen LogP contribution is -2.75. The van der Waals surface area contributed by atoms with E-state index in [4.69, 9.17) is 6.57 Å². The first-order valence-corrected chi connectivity index (χ1v) is 18.4. The summed E-state index contributed by atoms with van der Waals surface area (Å²) in [4.78, 5) is 3.86. The van der Waals surface area contributed by atoms with Crippen molar-refractivity contribution in [2.24, 2.45) is 0 Å². The smallest absolute Gasteiger partial charge is 0.205 e. The van der Waals surface area contributed by atoms with Crippen LogP contribution in [-0.4, -0.2) is 12.6 Å². The van der Waals surface area contributed by atoms with Gasteiger partial charge in [-0.3, -0.25) is 0 Å². The van der Waals surface area contributed by atoms with Crippen molar-refractivity contribution < 1.29 is 0 Å². The number of hydrogen-bond acceptors (Lipinski definition) is 2. The van der Waals surface area contributed by atoms with Gasteiger partial charge in [0.1, 0.15) is 0 Å². The Morgan fingerprint density at radius 2 is 1.10 bits per heavy atom. The fraction of sp³-hybridized carbons (Fsp3) is 0. The second kappa shape index (κ2) is 12.6. The highest BCUT2D eigenvalue weighted by Gasteiger charge is 2.43. The van der Waals surface area contributed by atoms with E-state index < -0.39 is 8.07 Å². The maximum Gasteiger partial charge on any atom is 0.205 e. The third-order valence-electron chi connectivity index (χ3n) is 9.66. The highest BCUT2D eigenvalue weighted by Crippen LogP contribution is 2.40. The summed E-state index contributed by atoms with van der Waals surface area (Å²) in [5.41, 5.74) is 5.51. The molecule has 232 valence electrons. The van der Waals surface area contributed by atoms with Crippen molar-refractivity contribution >= 4 is 56.3 Å². The van der Waals surface area contributed by atoms with Crippen molar-refractivity contribution in [1.82, 2.24) is 4.57 Å². The molecule has 8 rings (SSSR count). The lowest BCUT2D eigenvalue weighted by Gasteiger charge is -2.36. The SMILES string of the molecule is [C-]#[N+]c1ccc(-n2c3ccccc3c3cc(C#N)ccc32)c(-c2ccccc2[Si](c2ccccc2)(c2ccccc2)c2ccccc2)c1C#N. The fourth-order valence-corrected chi connectivity index (χ4v) is 12.6. The van der Waals surface area contributed by atoms with E-state index in [-0.39, 0.29) is 0 Å². The standard InChI is InChI=1S/C45H28N4Si/c1-48-40-26-28-43(49-41-23-13-11-21-36(41)38-29-32(30-46)25-27-42(38)49)45(39(40)31-47)37-22-12-14-24-44(37)50(33-15-5-2-6-16-33,34-17-7-3-8-18-34)35-19-9-4-10-20-35/h2-29H. The van der Waals surface area contributed by atoms with E-state index in [1.165, 1.54) is 15.6 Å². The average molecular weight is 653 g/mol. The summed E-state index contributed by atoms with van der Waals surface area (Å²) in [7, 11) is -3.05. The number of hydrogen-bond donors (Lipinski definition) is 0. The molecule has 1 heterocycles. The van der Waals surface area contributed by atoms with Gasteiger partial charge in [0.15, 0.2) is 8.07 Å². The van der Waals surface area contributed by atoms with E-state index in [9.17, 15) is 10.5 Å². The number of aromatic nitrogens is 1. The van der Waals surface area contributed by atoms with E-state index >= 15 is 0 Å². The van der Waals surface area contributed by atoms with Gasteiger partial charge in [0.05, 0.1) is 46.6 Å². The number of nitriles is 2. The van der Waals surface area contributed by atoms with Crippen LogP contribution in [0.3, 0.4) is 0 Å². The molecule has 8 aromatic rings. The van der Waals surface area contributed by atoms with Crippen LogP contribution in [0.2, 0.25) is 0 Å². The number of benzene rings is 7. The summed E-state index contributed by atoms with van der Waals surface area (Å²) >= 11 is 0. The second-order valence-corrected chi connectivity index (χ2v) is 15.9. The molecule has 0 N–H and O–H groups in total. The number of rotatable bonds is 6. The molecule has 0 aliphatic carbocycles. The van der Waals surface area contributed by atoms with Gasteiger partial charge in [-0.15, -0.1) is 0 Å². The molecule has 0 amide bonds. The lowest BCUT2D eigenvalue weighted by molar-refractivity contribution is 1.18. The summed E-state index contributed by atoms with van der Waals surface area (Å²) in [6.07, 6.45) is 0. The molecule has 4 nitrogen and oxygen atoms in total. The largest absolute Gasteiger partial charge is 0.309 e. The molecule has 0 aliphatic heterocycles. The van der Waals surface area contributed by atoms with Gasteiger partial charge in [0.25, 0.3) is 0 Å². The predicted molar refractivity (Wildman–Crippen MR) is 206 cm³/mol. The van der Waals surface area contributed by atoms with Gasteiger partial charge >= 0.3 is 0 Å². The van der Waals surface area contributed by atoms with Crippen molar-refractivity contribution in [3.63, 3.8) is 0 Å². The minimum absolute atomic E-state index is 0.306. The van der Waals surface area contributed by atoms with Crippen LogP contribution in [0.15, 0.2) is 170 Å². The fourth-order valence-electron chi connectivity index (χ4n) is 7.61. The molecule has 0 fully saturated rings. The highest BCUT2D eigenvalue weighted by molar-refractivity contribution is 7.20. The summed E-state index contributed by atoms with van der Waals surface area (Å²) < 4.78 is 2.18. The molecule has 0 bridgehead atoms. The van der Waals surface area contributed by atoms with Crippen LogP contribution in [0, 0.1) is 29.2 Å². The Hall–Kier alpha value is -6.97. The molecular formula is C45H28N4Si. The van der Waals surface area contributed by atoms with Gasteiger partial charge in [-0.1, -0.05) is 140 Å². The maximum atomic E-state index is 10.9. The Labute approximate surface area is 291 Å². The Morgan fingerprint density at radius 1 is 0.540 bits per heavy atom. The summed E-state index contributed by atoms with van der Waals surface area (Å²) in [6, 6.07) is 63.0. The zero-order valence-corrected chi connectivity index (χ0v) is 28.0. The first kappa shape index (κ1) is 30.4. The normalized spacial score (nSPS) is 11.1. The first-order valence-electron chi connectivity index (χ1n) is 16.4. The van der Waals surface area contributed by atoms with E-state index in [1.54, 1.807) is 6.07 Å². The zero-order valence-electron chi connectivity index (χ0n) is 27.0. The van der Waals surface area contributed by atoms with Crippen LogP contribution in [0.1, 0.15) is 11.1 Å². The van der Waals surface area contributed by atoms with Gasteiger partial charge in [0.2, 0.25) is 5.69 Å². The maximum absolute atomic E-state index is 10.9. The number of nitrogens with zero attached hydrogens (tertiary/aromatic N) is 4. The third-order valence-corrected chi connectivity index (χ3v) is 14.5. The van der Waals surface area contributed by atoms with E-state index in [1.807, 2.05) is 42.5 Å². The predicted octanol–water partition coefficient (Wildman–Crippen LogP) is 8.12. The van der Waals surface area contributed by atoms with Gasteiger partial charge in [-0.2, -0.15) is 10.5 Å². The molecule has 0 aliphatic rings. The quantitative estimate of drug-likeness (QED) is 0.104. The van der Waals surface area contributed by atoms with Crippen LogP contribution in [-0.2, 0) is 0 Å². The molecular weight excluding hydrogens is 625 g/mol. The summed E-state index contributed by atoms with van der Waals surface area (Å²) in [6.45, 7) is 8.12. The van der Waals surface area contributed by atoms with Crippen molar-refractivity contribution in [2.45, 2.75) is 0 Å².